The number of hydrogen-bond donors (Lipinski definition) is 12. The number of guanidine groups is 1. The zero-order valence-electron chi connectivity index (χ0n) is 37.0. The molecule has 15 N–H and O–H groups in total. The predicted octanol–water partition coefficient (Wildman–Crippen LogP) is -1.92. The van der Waals surface area contributed by atoms with E-state index in [1.807, 2.05) is 24.3 Å². The lowest BCUT2D eigenvalue weighted by Crippen LogP contribution is -2.63. The summed E-state index contributed by atoms with van der Waals surface area (Å²) in [5.74, 6) is -6.53. The van der Waals surface area contributed by atoms with E-state index in [0.717, 1.165) is 10.9 Å². The molecule has 4 aromatic rings. The lowest BCUT2D eigenvalue weighted by molar-refractivity contribution is -0.136. The molecule has 1 aliphatic heterocycles. The summed E-state index contributed by atoms with van der Waals surface area (Å²) in [6, 6.07) is 6.80. The summed E-state index contributed by atoms with van der Waals surface area (Å²) in [7, 11) is 0. The van der Waals surface area contributed by atoms with Crippen LogP contribution in [0.4, 0.5) is 0 Å². The first-order valence-corrected chi connectivity index (χ1v) is 22.2. The van der Waals surface area contributed by atoms with Gasteiger partial charge >= 0.3 is 0 Å². The third kappa shape index (κ3) is 14.1. The second-order valence-electron chi connectivity index (χ2n) is 16.8. The zero-order valence-corrected chi connectivity index (χ0v) is 37.0. The Bertz CT molecular complexity index is 2430. The number of H-pyrrole nitrogens is 2. The SMILES string of the molecule is CC1NC(=O)CC[C@H](NC(=O)C2CC2)C(=O)N[C@@H](Cc2cnc[nH]2)C(=O)N[C@H](Cc2ccccc2)C(=O)N[C@@H](CCCN=C(N)N)C(=O)N[C@@H]1C(=O)N[C@@H](Cc1c[nH]c2ccccc12)C(N)=O. The van der Waals surface area contributed by atoms with Gasteiger partial charge in [-0.25, -0.2) is 4.98 Å². The van der Waals surface area contributed by atoms with E-state index in [1.54, 1.807) is 36.5 Å². The molecule has 2 aliphatic rings. The molecule has 1 saturated carbocycles. The lowest BCUT2D eigenvalue weighted by Gasteiger charge is -2.30. The third-order valence-corrected chi connectivity index (χ3v) is 11.6. The van der Waals surface area contributed by atoms with Crippen molar-refractivity contribution in [2.24, 2.45) is 28.1 Å². The van der Waals surface area contributed by atoms with Gasteiger partial charge in [-0.2, -0.15) is 0 Å². The minimum Gasteiger partial charge on any atom is -0.370 e. The number of nitrogens with two attached hydrogens (primary N) is 3. The Morgan fingerprint density at radius 1 is 0.776 bits per heavy atom. The van der Waals surface area contributed by atoms with Crippen LogP contribution in [-0.4, -0.2) is 117 Å². The fraction of sp³-hybridized carbons (Fsp3) is 0.422. The average Bonchev–Trinajstić information content (AvgIpc) is 3.89. The summed E-state index contributed by atoms with van der Waals surface area (Å²) in [5, 5.41) is 19.7. The number of amides is 8. The van der Waals surface area contributed by atoms with Crippen LogP contribution in [0, 0.1) is 5.92 Å². The highest BCUT2D eigenvalue weighted by Crippen LogP contribution is 2.29. The second kappa shape index (κ2) is 22.9. The number of aromatic amines is 2. The molecule has 67 heavy (non-hydrogen) atoms. The Balaban J connectivity index is 1.34. The number of aromatic nitrogens is 3. The predicted molar refractivity (Wildman–Crippen MR) is 245 cm³/mol. The number of rotatable bonds is 15. The molecule has 2 aromatic heterocycles. The Labute approximate surface area is 385 Å². The molecule has 356 valence electrons. The molecule has 22 nitrogen and oxygen atoms in total. The van der Waals surface area contributed by atoms with Gasteiger partial charge in [-0.05, 0) is 56.2 Å². The number of benzene rings is 2. The van der Waals surface area contributed by atoms with Crippen LogP contribution in [0.3, 0.4) is 0 Å². The minimum atomic E-state index is -1.58. The van der Waals surface area contributed by atoms with Crippen molar-refractivity contribution in [3.05, 3.63) is 90.1 Å². The molecule has 0 spiro atoms. The van der Waals surface area contributed by atoms with Gasteiger partial charge in [0.15, 0.2) is 5.96 Å². The number of imidazole rings is 1. The molecule has 3 heterocycles. The first kappa shape index (κ1) is 48.7. The van der Waals surface area contributed by atoms with Gasteiger partial charge in [0.25, 0.3) is 0 Å². The smallest absolute Gasteiger partial charge is 0.245 e. The van der Waals surface area contributed by atoms with Crippen molar-refractivity contribution in [2.75, 3.05) is 6.54 Å². The van der Waals surface area contributed by atoms with E-state index >= 15 is 0 Å². The van der Waals surface area contributed by atoms with Gasteiger partial charge in [-0.15, -0.1) is 0 Å². The van der Waals surface area contributed by atoms with Gasteiger partial charge in [0.1, 0.15) is 36.3 Å². The van der Waals surface area contributed by atoms with Crippen molar-refractivity contribution in [1.29, 1.82) is 0 Å². The van der Waals surface area contributed by atoms with Gasteiger partial charge < -0.3 is 64.4 Å². The number of carbonyl (C=O) groups is 8. The van der Waals surface area contributed by atoms with Crippen molar-refractivity contribution in [2.45, 2.75) is 107 Å². The van der Waals surface area contributed by atoms with E-state index in [0.29, 0.717) is 29.7 Å². The number of para-hydroxylation sites is 1. The number of fused-ring (bicyclic) bond motifs is 1. The molecule has 1 aliphatic carbocycles. The zero-order chi connectivity index (χ0) is 48.0. The Kier molecular flexibility index (Phi) is 16.6. The molecule has 6 rings (SSSR count). The van der Waals surface area contributed by atoms with Gasteiger partial charge in [-0.3, -0.25) is 43.3 Å². The molecule has 2 aromatic carbocycles. The van der Waals surface area contributed by atoms with Gasteiger partial charge in [0.2, 0.25) is 47.3 Å². The summed E-state index contributed by atoms with van der Waals surface area (Å²) in [4.78, 5) is 125. The van der Waals surface area contributed by atoms with E-state index in [1.165, 1.54) is 19.4 Å². The molecular weight excluding hydrogens is 865 g/mol. The lowest BCUT2D eigenvalue weighted by atomic mass is 10.0. The highest BCUT2D eigenvalue weighted by Gasteiger charge is 2.38. The number of aliphatic imine (C=N–C) groups is 1. The normalized spacial score (nSPS) is 22.6. The van der Waals surface area contributed by atoms with Crippen molar-refractivity contribution >= 4 is 64.1 Å². The van der Waals surface area contributed by atoms with E-state index in [2.05, 4.69) is 57.2 Å². The fourth-order valence-electron chi connectivity index (χ4n) is 7.74. The molecule has 0 bridgehead atoms. The Hall–Kier alpha value is -7.78. The maximum Gasteiger partial charge on any atom is 0.245 e. The molecule has 1 unspecified atom stereocenters. The van der Waals surface area contributed by atoms with Crippen molar-refractivity contribution in [1.82, 2.24) is 52.2 Å². The quantitative estimate of drug-likeness (QED) is 0.0354. The minimum absolute atomic E-state index is 0.0245. The monoisotopic (exact) mass is 922 g/mol. The molecular formula is C45H58N14O8. The Morgan fingerprint density at radius 3 is 2.13 bits per heavy atom. The number of nitrogens with one attached hydrogen (secondary N) is 9. The van der Waals surface area contributed by atoms with Gasteiger partial charge in [0, 0.05) is 67.1 Å². The number of nitrogens with zero attached hydrogens (tertiary/aromatic N) is 2. The van der Waals surface area contributed by atoms with Crippen molar-refractivity contribution in [3.8, 4) is 0 Å². The standard InChI is InChI=1S/C45H58N14O8/c1-24-37(44(67)56-33(38(46)61)19-27-21-51-30-11-6-5-10-29(27)30)59-41(64)31(12-7-17-50-45(47)48)55-42(65)34(18-25-8-3-2-4-9-25)57-43(66)35(20-28-22-49-23-52-28)58-40(63)32(15-16-36(60)53-24)54-39(62)26-13-14-26/h2-6,8-11,21-24,26,31-35,37,51H,7,12-20H2,1H3,(H2,46,61)(H,49,52)(H,53,60)(H,54,62)(H,55,65)(H,56,67)(H,57,66)(H,58,63)(H,59,64)(H4,47,48,50)/t24?,31-,32-,33-,34+,35-,37-/m0/s1. The summed E-state index contributed by atoms with van der Waals surface area (Å²) >= 11 is 0. The molecule has 1 saturated heterocycles. The van der Waals surface area contributed by atoms with Crippen LogP contribution in [0.25, 0.3) is 10.9 Å². The van der Waals surface area contributed by atoms with Crippen LogP contribution in [-0.2, 0) is 57.6 Å². The summed E-state index contributed by atoms with van der Waals surface area (Å²) < 4.78 is 0. The second-order valence-corrected chi connectivity index (χ2v) is 16.8. The maximum atomic E-state index is 14.5. The summed E-state index contributed by atoms with van der Waals surface area (Å²) in [5.41, 5.74) is 19.5. The van der Waals surface area contributed by atoms with Crippen LogP contribution in [0.2, 0.25) is 0 Å². The maximum absolute atomic E-state index is 14.5. The topological polar surface area (TPSA) is 356 Å². The number of carbonyl (C=O) groups excluding carboxylic acids is 8. The van der Waals surface area contributed by atoms with E-state index in [4.69, 9.17) is 17.2 Å². The number of primary amides is 1. The first-order valence-electron chi connectivity index (χ1n) is 22.2. The fourth-order valence-corrected chi connectivity index (χ4v) is 7.74. The van der Waals surface area contributed by atoms with Crippen LogP contribution in [0.1, 0.15) is 62.3 Å². The van der Waals surface area contributed by atoms with Crippen LogP contribution in [0.5, 0.6) is 0 Å². The molecule has 2 fully saturated rings. The molecule has 8 amide bonds. The summed E-state index contributed by atoms with van der Waals surface area (Å²) in [6.07, 6.45) is 5.16. The Morgan fingerprint density at radius 2 is 1.45 bits per heavy atom. The van der Waals surface area contributed by atoms with Crippen LogP contribution in [0.15, 0.2) is 78.3 Å². The molecule has 22 heteroatoms. The first-order chi connectivity index (χ1) is 32.1. The average molecular weight is 923 g/mol. The van der Waals surface area contributed by atoms with Crippen molar-refractivity contribution in [3.63, 3.8) is 0 Å². The molecule has 0 radical (unpaired) electrons. The van der Waals surface area contributed by atoms with E-state index in [-0.39, 0.29) is 63.4 Å². The van der Waals surface area contributed by atoms with Crippen molar-refractivity contribution < 1.29 is 38.4 Å². The molecule has 7 atom stereocenters. The van der Waals surface area contributed by atoms with E-state index < -0.39 is 89.6 Å². The van der Waals surface area contributed by atoms with E-state index in [9.17, 15) is 38.4 Å². The largest absolute Gasteiger partial charge is 0.370 e. The third-order valence-electron chi connectivity index (χ3n) is 11.6. The van der Waals surface area contributed by atoms with Gasteiger partial charge in [0.05, 0.1) is 12.4 Å². The van der Waals surface area contributed by atoms with Crippen LogP contribution >= 0.6 is 0 Å². The summed E-state index contributed by atoms with van der Waals surface area (Å²) in [6.45, 7) is 1.52. The highest BCUT2D eigenvalue weighted by molar-refractivity contribution is 5.98. The van der Waals surface area contributed by atoms with Gasteiger partial charge in [-0.1, -0.05) is 48.5 Å². The number of hydrogen-bond acceptors (Lipinski definition) is 10. The highest BCUT2D eigenvalue weighted by atomic mass is 16.2. The van der Waals surface area contributed by atoms with Crippen LogP contribution < -0.4 is 54.4 Å².